The summed E-state index contributed by atoms with van der Waals surface area (Å²) in [5.41, 5.74) is 7.13. The molecule has 1 aliphatic rings. The fourth-order valence-electron chi connectivity index (χ4n) is 3.16. The second kappa shape index (κ2) is 8.81. The molecule has 3 rings (SSSR count). The zero-order valence-electron chi connectivity index (χ0n) is 13.2. The minimum atomic E-state index is -0.132. The monoisotopic (exact) mass is 385 g/mol. The summed E-state index contributed by atoms with van der Waals surface area (Å²) < 4.78 is 0. The molecular weight excluding hydrogens is 365 g/mol. The third-order valence-electron chi connectivity index (χ3n) is 4.35. The van der Waals surface area contributed by atoms with Crippen molar-refractivity contribution in [3.05, 3.63) is 50.9 Å². The molecule has 1 heterocycles. The maximum Gasteiger partial charge on any atom is 0.271 e. The summed E-state index contributed by atoms with van der Waals surface area (Å²) in [6.45, 7) is 0.362. The highest BCUT2D eigenvalue weighted by Gasteiger charge is 2.28. The highest BCUT2D eigenvalue weighted by atomic mass is 35.5. The first kappa shape index (κ1) is 19.2. The summed E-state index contributed by atoms with van der Waals surface area (Å²) in [5, 5.41) is 6.42. The third kappa shape index (κ3) is 4.48. The second-order valence-electron chi connectivity index (χ2n) is 5.88. The molecule has 0 radical (unpaired) electrons. The molecule has 0 saturated heterocycles. The van der Waals surface area contributed by atoms with Crippen LogP contribution in [-0.4, -0.2) is 10.9 Å². The van der Waals surface area contributed by atoms with Crippen molar-refractivity contribution in [2.45, 2.75) is 38.3 Å². The van der Waals surface area contributed by atoms with Crippen molar-refractivity contribution < 1.29 is 4.79 Å². The van der Waals surface area contributed by atoms with Crippen molar-refractivity contribution in [2.75, 3.05) is 0 Å². The summed E-state index contributed by atoms with van der Waals surface area (Å²) in [6.07, 6.45) is 4.72. The predicted molar refractivity (Wildman–Crippen MR) is 101 cm³/mol. The Morgan fingerprint density at radius 2 is 2.00 bits per heavy atom. The number of carbonyl (C=O) groups is 1. The largest absolute Gasteiger partial charge is 0.344 e. The summed E-state index contributed by atoms with van der Waals surface area (Å²) in [4.78, 5) is 16.8. The van der Waals surface area contributed by atoms with Crippen LogP contribution in [0.15, 0.2) is 29.6 Å². The summed E-state index contributed by atoms with van der Waals surface area (Å²) in [6, 6.07) is 7.75. The third-order valence-corrected chi connectivity index (χ3v) is 5.47. The predicted octanol–water partition coefficient (Wildman–Crippen LogP) is 4.34. The second-order valence-corrected chi connectivity index (χ2v) is 7.26. The zero-order chi connectivity index (χ0) is 16.2. The van der Waals surface area contributed by atoms with Crippen LogP contribution in [0.3, 0.4) is 0 Å². The molecule has 1 aromatic heterocycles. The van der Waals surface area contributed by atoms with Gasteiger partial charge >= 0.3 is 0 Å². The molecule has 1 atom stereocenters. The van der Waals surface area contributed by atoms with Crippen molar-refractivity contribution in [2.24, 2.45) is 11.7 Å². The molecule has 1 fully saturated rings. The van der Waals surface area contributed by atoms with Crippen LogP contribution in [0.5, 0.6) is 0 Å². The molecule has 2 aromatic rings. The van der Waals surface area contributed by atoms with Crippen molar-refractivity contribution in [1.82, 2.24) is 10.3 Å². The Kier molecular flexibility index (Phi) is 7.04. The molecule has 3 N–H and O–H groups in total. The molecule has 24 heavy (non-hydrogen) atoms. The number of halogens is 2. The van der Waals surface area contributed by atoms with Gasteiger partial charge < -0.3 is 11.1 Å². The number of thiazole rings is 1. The van der Waals surface area contributed by atoms with Gasteiger partial charge in [0.25, 0.3) is 5.91 Å². The van der Waals surface area contributed by atoms with E-state index in [1.807, 2.05) is 24.3 Å². The molecular formula is C17H21Cl2N3OS. The number of rotatable bonds is 5. The lowest BCUT2D eigenvalue weighted by Crippen LogP contribution is -2.33. The van der Waals surface area contributed by atoms with E-state index in [0.717, 1.165) is 23.4 Å². The average molecular weight is 386 g/mol. The molecule has 0 bridgehead atoms. The number of hydrogen-bond donors (Lipinski definition) is 2. The van der Waals surface area contributed by atoms with E-state index in [0.29, 0.717) is 23.2 Å². The molecule has 4 nitrogen and oxygen atoms in total. The van der Waals surface area contributed by atoms with Crippen LogP contribution in [0.25, 0.3) is 0 Å². The fraction of sp³-hybridized carbons (Fsp3) is 0.412. The summed E-state index contributed by atoms with van der Waals surface area (Å²) in [7, 11) is 0. The Bertz CT molecular complexity index is 669. The molecule has 1 aromatic carbocycles. The normalized spacial score (nSPS) is 15.8. The minimum Gasteiger partial charge on any atom is -0.344 e. The fourth-order valence-corrected chi connectivity index (χ4v) is 3.94. The van der Waals surface area contributed by atoms with Crippen LogP contribution in [0.1, 0.15) is 52.8 Å². The SMILES string of the molecule is Cl.NCc1nc(C(=O)NC(c2ccc(Cl)cc2)C2CCCC2)cs1. The van der Waals surface area contributed by atoms with Gasteiger partial charge in [-0.25, -0.2) is 4.98 Å². The molecule has 1 aliphatic carbocycles. The first-order valence-electron chi connectivity index (χ1n) is 7.88. The van der Waals surface area contributed by atoms with Gasteiger partial charge in [-0.15, -0.1) is 23.7 Å². The number of nitrogens with zero attached hydrogens (tertiary/aromatic N) is 1. The van der Waals surface area contributed by atoms with Crippen molar-refractivity contribution >= 4 is 41.3 Å². The molecule has 7 heteroatoms. The van der Waals surface area contributed by atoms with Gasteiger partial charge in [0.1, 0.15) is 10.7 Å². The number of nitrogens with one attached hydrogen (secondary N) is 1. The lowest BCUT2D eigenvalue weighted by Gasteiger charge is -2.25. The maximum atomic E-state index is 12.5. The van der Waals surface area contributed by atoms with Crippen LogP contribution in [0, 0.1) is 5.92 Å². The lowest BCUT2D eigenvalue weighted by molar-refractivity contribution is 0.0917. The molecule has 0 spiro atoms. The Balaban J connectivity index is 0.00000208. The zero-order valence-corrected chi connectivity index (χ0v) is 15.6. The van der Waals surface area contributed by atoms with Crippen LogP contribution in [0.4, 0.5) is 0 Å². The van der Waals surface area contributed by atoms with Crippen LogP contribution in [-0.2, 0) is 6.54 Å². The smallest absolute Gasteiger partial charge is 0.271 e. The van der Waals surface area contributed by atoms with Crippen LogP contribution >= 0.6 is 35.3 Å². The van der Waals surface area contributed by atoms with Gasteiger partial charge in [-0.3, -0.25) is 4.79 Å². The molecule has 1 unspecified atom stereocenters. The van der Waals surface area contributed by atoms with E-state index in [1.54, 1.807) is 5.38 Å². The van der Waals surface area contributed by atoms with Gasteiger partial charge in [0.15, 0.2) is 0 Å². The number of hydrogen-bond acceptors (Lipinski definition) is 4. The molecule has 1 amide bonds. The highest BCUT2D eigenvalue weighted by molar-refractivity contribution is 7.09. The van der Waals surface area contributed by atoms with E-state index in [-0.39, 0.29) is 24.4 Å². The number of aromatic nitrogens is 1. The maximum absolute atomic E-state index is 12.5. The van der Waals surface area contributed by atoms with Crippen molar-refractivity contribution in [3.63, 3.8) is 0 Å². The minimum absolute atomic E-state index is 0. The average Bonchev–Trinajstić information content (AvgIpc) is 3.25. The Morgan fingerprint density at radius 1 is 1.33 bits per heavy atom. The Morgan fingerprint density at radius 3 is 2.58 bits per heavy atom. The number of carbonyl (C=O) groups excluding carboxylic acids is 1. The quantitative estimate of drug-likeness (QED) is 0.803. The number of nitrogens with two attached hydrogens (primary N) is 1. The topological polar surface area (TPSA) is 68.0 Å². The summed E-state index contributed by atoms with van der Waals surface area (Å²) in [5.74, 6) is 0.334. The van der Waals surface area contributed by atoms with E-state index < -0.39 is 0 Å². The lowest BCUT2D eigenvalue weighted by atomic mass is 9.91. The Labute approximate surface area is 157 Å². The number of benzene rings is 1. The van der Waals surface area contributed by atoms with Crippen LogP contribution in [0.2, 0.25) is 5.02 Å². The number of amides is 1. The van der Waals surface area contributed by atoms with Crippen LogP contribution < -0.4 is 11.1 Å². The first-order valence-corrected chi connectivity index (χ1v) is 9.14. The van der Waals surface area contributed by atoms with Crippen molar-refractivity contribution in [1.29, 1.82) is 0 Å². The van der Waals surface area contributed by atoms with E-state index in [9.17, 15) is 4.79 Å². The van der Waals surface area contributed by atoms with E-state index in [1.165, 1.54) is 24.2 Å². The van der Waals surface area contributed by atoms with E-state index >= 15 is 0 Å². The van der Waals surface area contributed by atoms with Crippen molar-refractivity contribution in [3.8, 4) is 0 Å². The van der Waals surface area contributed by atoms with Gasteiger partial charge in [0.05, 0.1) is 6.04 Å². The van der Waals surface area contributed by atoms with Gasteiger partial charge in [-0.05, 0) is 36.5 Å². The van der Waals surface area contributed by atoms with Gasteiger partial charge in [0, 0.05) is 16.9 Å². The van der Waals surface area contributed by atoms with E-state index in [4.69, 9.17) is 17.3 Å². The highest BCUT2D eigenvalue weighted by Crippen LogP contribution is 2.36. The summed E-state index contributed by atoms with van der Waals surface area (Å²) >= 11 is 7.41. The molecule has 0 aliphatic heterocycles. The van der Waals surface area contributed by atoms with Gasteiger partial charge in [0.2, 0.25) is 0 Å². The van der Waals surface area contributed by atoms with Gasteiger partial charge in [-0.1, -0.05) is 36.6 Å². The van der Waals surface area contributed by atoms with E-state index in [2.05, 4.69) is 10.3 Å². The molecule has 1 saturated carbocycles. The molecule has 130 valence electrons. The first-order chi connectivity index (χ1) is 11.2. The van der Waals surface area contributed by atoms with Gasteiger partial charge in [-0.2, -0.15) is 0 Å². The standard InChI is InChI=1S/C17H20ClN3OS.ClH/c18-13-7-5-12(6-8-13)16(11-3-1-2-4-11)21-17(22)14-10-23-15(9-19)20-14;/h5-8,10-11,16H,1-4,9,19H2,(H,21,22);1H. The Hall–Kier alpha value is -1.14.